The second kappa shape index (κ2) is 10.1. The first-order valence-electron chi connectivity index (χ1n) is 8.16. The monoisotopic (exact) mass is 420 g/mol. The van der Waals surface area contributed by atoms with Gasteiger partial charge in [0.1, 0.15) is 0 Å². The molecule has 0 spiro atoms. The fourth-order valence-corrected chi connectivity index (χ4v) is 2.96. The van der Waals surface area contributed by atoms with Crippen LogP contribution in [0.25, 0.3) is 0 Å². The van der Waals surface area contributed by atoms with Crippen molar-refractivity contribution in [3.8, 4) is 0 Å². The van der Waals surface area contributed by atoms with Crippen molar-refractivity contribution < 1.29 is 4.52 Å². The molecule has 126 valence electrons. The number of hydrogen-bond donors (Lipinski definition) is 2. The molecule has 0 saturated heterocycles. The molecule has 1 saturated carbocycles. The number of guanidine groups is 1. The van der Waals surface area contributed by atoms with Crippen molar-refractivity contribution in [2.24, 2.45) is 10.9 Å². The average molecular weight is 420 g/mol. The smallest absolute Gasteiger partial charge is 0.191 e. The summed E-state index contributed by atoms with van der Waals surface area (Å²) in [5, 5.41) is 10.8. The molecule has 0 amide bonds. The minimum Gasteiger partial charge on any atom is -0.359 e. The lowest BCUT2D eigenvalue weighted by molar-refractivity contribution is 0.298. The van der Waals surface area contributed by atoms with Gasteiger partial charge in [0.15, 0.2) is 11.7 Å². The van der Waals surface area contributed by atoms with Crippen molar-refractivity contribution in [1.29, 1.82) is 0 Å². The molecule has 1 aromatic heterocycles. The fraction of sp³-hybridized carbons (Fsp3) is 0.750. The summed E-state index contributed by atoms with van der Waals surface area (Å²) < 4.78 is 5.28. The zero-order valence-corrected chi connectivity index (χ0v) is 16.2. The molecule has 2 atom stereocenters. The predicted molar refractivity (Wildman–Crippen MR) is 101 cm³/mol. The second-order valence-corrected chi connectivity index (χ2v) is 5.85. The molecule has 0 bridgehead atoms. The van der Waals surface area contributed by atoms with Gasteiger partial charge in [-0.05, 0) is 25.2 Å². The summed E-state index contributed by atoms with van der Waals surface area (Å²) in [5.74, 6) is 2.56. The summed E-state index contributed by atoms with van der Waals surface area (Å²) in [7, 11) is 1.81. The average Bonchev–Trinajstić information content (AvgIpc) is 2.99. The Bertz CT molecular complexity index is 461. The lowest BCUT2D eigenvalue weighted by atomic mass is 9.84. The molecule has 2 unspecified atom stereocenters. The molecule has 0 radical (unpaired) electrons. The van der Waals surface area contributed by atoms with Crippen LogP contribution < -0.4 is 10.6 Å². The number of nitrogens with zero attached hydrogens (tertiary/aromatic N) is 2. The molecule has 1 heterocycles. The van der Waals surface area contributed by atoms with Gasteiger partial charge < -0.3 is 15.2 Å². The van der Waals surface area contributed by atoms with Gasteiger partial charge in [-0.3, -0.25) is 4.99 Å². The third-order valence-electron chi connectivity index (χ3n) is 4.32. The van der Waals surface area contributed by atoms with Gasteiger partial charge in [0, 0.05) is 19.2 Å². The standard InChI is InChI=1S/C16H28N4O.HI/c1-4-12-7-6-8-14(9-12)19-16(17-3)18-11-15-10-13(5-2)20-21-15;/h10,12,14H,4-9,11H2,1-3H3,(H2,17,18,19);1H. The SMILES string of the molecule is CCc1cc(CNC(=NC)NC2CCCC(CC)C2)on1.I. The van der Waals surface area contributed by atoms with Gasteiger partial charge in [0.25, 0.3) is 0 Å². The molecule has 1 aliphatic carbocycles. The maximum atomic E-state index is 5.28. The lowest BCUT2D eigenvalue weighted by Gasteiger charge is -2.30. The van der Waals surface area contributed by atoms with Crippen molar-refractivity contribution in [2.45, 2.75) is 65.0 Å². The first-order valence-corrected chi connectivity index (χ1v) is 8.16. The van der Waals surface area contributed by atoms with Gasteiger partial charge in [0.2, 0.25) is 0 Å². The Hall–Kier alpha value is -0.790. The van der Waals surface area contributed by atoms with Crippen molar-refractivity contribution in [3.05, 3.63) is 17.5 Å². The normalized spacial score (nSPS) is 22.0. The number of aromatic nitrogens is 1. The third-order valence-corrected chi connectivity index (χ3v) is 4.32. The van der Waals surface area contributed by atoms with Crippen LogP contribution in [0.4, 0.5) is 0 Å². The number of aryl methyl sites for hydroxylation is 1. The van der Waals surface area contributed by atoms with Gasteiger partial charge in [-0.25, -0.2) is 0 Å². The molecule has 1 aromatic rings. The van der Waals surface area contributed by atoms with Gasteiger partial charge in [-0.2, -0.15) is 0 Å². The van der Waals surface area contributed by atoms with E-state index in [1.54, 1.807) is 0 Å². The Labute approximate surface area is 150 Å². The first-order chi connectivity index (χ1) is 10.2. The van der Waals surface area contributed by atoms with Gasteiger partial charge >= 0.3 is 0 Å². The van der Waals surface area contributed by atoms with Crippen LogP contribution in [0.5, 0.6) is 0 Å². The zero-order chi connectivity index (χ0) is 15.1. The minimum absolute atomic E-state index is 0. The summed E-state index contributed by atoms with van der Waals surface area (Å²) >= 11 is 0. The van der Waals surface area contributed by atoms with Crippen LogP contribution in [0.2, 0.25) is 0 Å². The quantitative estimate of drug-likeness (QED) is 0.435. The van der Waals surface area contributed by atoms with Gasteiger partial charge in [0.05, 0.1) is 12.2 Å². The van der Waals surface area contributed by atoms with Crippen LogP contribution in [-0.4, -0.2) is 24.2 Å². The van der Waals surface area contributed by atoms with E-state index in [0.717, 1.165) is 29.8 Å². The Morgan fingerprint density at radius 3 is 2.86 bits per heavy atom. The molecule has 5 nitrogen and oxygen atoms in total. The van der Waals surface area contributed by atoms with Gasteiger partial charge in [-0.15, -0.1) is 24.0 Å². The van der Waals surface area contributed by atoms with E-state index in [1.807, 2.05) is 13.1 Å². The topological polar surface area (TPSA) is 62.5 Å². The fourth-order valence-electron chi connectivity index (χ4n) is 2.96. The maximum absolute atomic E-state index is 5.28. The number of nitrogens with one attached hydrogen (secondary N) is 2. The Morgan fingerprint density at radius 1 is 1.41 bits per heavy atom. The van der Waals surface area contributed by atoms with Crippen LogP contribution in [0, 0.1) is 5.92 Å². The Morgan fingerprint density at radius 2 is 2.23 bits per heavy atom. The van der Waals surface area contributed by atoms with Crippen molar-refractivity contribution in [1.82, 2.24) is 15.8 Å². The van der Waals surface area contributed by atoms with E-state index in [-0.39, 0.29) is 24.0 Å². The highest BCUT2D eigenvalue weighted by Crippen LogP contribution is 2.26. The van der Waals surface area contributed by atoms with Crippen molar-refractivity contribution >= 4 is 29.9 Å². The van der Waals surface area contributed by atoms with E-state index in [0.29, 0.717) is 12.6 Å². The molecule has 2 rings (SSSR count). The van der Waals surface area contributed by atoms with Gasteiger partial charge in [-0.1, -0.05) is 38.3 Å². The number of hydrogen-bond acceptors (Lipinski definition) is 3. The Kier molecular flexibility index (Phi) is 8.82. The molecule has 22 heavy (non-hydrogen) atoms. The first kappa shape index (κ1) is 19.3. The van der Waals surface area contributed by atoms with E-state index in [9.17, 15) is 0 Å². The molecular weight excluding hydrogens is 391 g/mol. The summed E-state index contributed by atoms with van der Waals surface area (Å²) in [6, 6.07) is 2.53. The van der Waals surface area contributed by atoms with E-state index in [2.05, 4.69) is 34.6 Å². The lowest BCUT2D eigenvalue weighted by Crippen LogP contribution is -2.44. The summed E-state index contributed by atoms with van der Waals surface area (Å²) in [4.78, 5) is 4.31. The highest BCUT2D eigenvalue weighted by atomic mass is 127. The number of aliphatic imine (C=N–C) groups is 1. The van der Waals surface area contributed by atoms with Crippen molar-refractivity contribution in [2.75, 3.05) is 7.05 Å². The molecule has 1 fully saturated rings. The molecule has 0 aliphatic heterocycles. The number of halogens is 1. The van der Waals surface area contributed by atoms with E-state index in [1.165, 1.54) is 32.1 Å². The molecule has 1 aliphatic rings. The zero-order valence-electron chi connectivity index (χ0n) is 13.9. The summed E-state index contributed by atoms with van der Waals surface area (Å²) in [6.07, 6.45) is 7.35. The molecular formula is C16H29IN4O. The van der Waals surface area contributed by atoms with E-state index < -0.39 is 0 Å². The van der Waals surface area contributed by atoms with Crippen LogP contribution in [0.15, 0.2) is 15.6 Å². The summed E-state index contributed by atoms with van der Waals surface area (Å²) in [5.41, 5.74) is 0.993. The van der Waals surface area contributed by atoms with Crippen LogP contribution in [0.3, 0.4) is 0 Å². The molecule has 6 heteroatoms. The molecule has 2 N–H and O–H groups in total. The highest BCUT2D eigenvalue weighted by Gasteiger charge is 2.21. The van der Waals surface area contributed by atoms with Crippen LogP contribution >= 0.6 is 24.0 Å². The summed E-state index contributed by atoms with van der Waals surface area (Å²) in [6.45, 7) is 4.98. The number of rotatable bonds is 5. The maximum Gasteiger partial charge on any atom is 0.191 e. The van der Waals surface area contributed by atoms with Crippen molar-refractivity contribution in [3.63, 3.8) is 0 Å². The minimum atomic E-state index is 0. The van der Waals surface area contributed by atoms with E-state index in [4.69, 9.17) is 4.52 Å². The highest BCUT2D eigenvalue weighted by molar-refractivity contribution is 14.0. The van der Waals surface area contributed by atoms with E-state index >= 15 is 0 Å². The largest absolute Gasteiger partial charge is 0.359 e. The van der Waals surface area contributed by atoms with Crippen LogP contribution in [0.1, 0.15) is 57.4 Å². The Balaban J connectivity index is 0.00000242. The van der Waals surface area contributed by atoms with Crippen LogP contribution in [-0.2, 0) is 13.0 Å². The predicted octanol–water partition coefficient (Wildman–Crippen LogP) is 3.49. The third kappa shape index (κ3) is 5.78. The second-order valence-electron chi connectivity index (χ2n) is 5.85. The molecule has 0 aromatic carbocycles.